The van der Waals surface area contributed by atoms with Crippen molar-refractivity contribution in [1.29, 1.82) is 0 Å². The summed E-state index contributed by atoms with van der Waals surface area (Å²) in [4.78, 5) is 0. The number of aliphatic hydroxyl groups is 1. The van der Waals surface area contributed by atoms with Crippen LogP contribution in [0.15, 0.2) is 12.2 Å². The predicted octanol–water partition coefficient (Wildman–Crippen LogP) is 6.02. The molecule has 0 aliphatic carbocycles. The van der Waals surface area contributed by atoms with Gasteiger partial charge < -0.3 is 5.11 Å². The van der Waals surface area contributed by atoms with Crippen LogP contribution >= 0.6 is 0 Å². The van der Waals surface area contributed by atoms with Crippen LogP contribution in [0.2, 0.25) is 0 Å². The van der Waals surface area contributed by atoms with Gasteiger partial charge >= 0.3 is 0 Å². The molecular weight excluding hydrogens is 232 g/mol. The van der Waals surface area contributed by atoms with Crippen molar-refractivity contribution in [2.24, 2.45) is 0 Å². The first kappa shape index (κ1) is 18.7. The maximum atomic E-state index is 8.66. The normalized spacial score (nSPS) is 11.5. The maximum absolute atomic E-state index is 8.66. The van der Waals surface area contributed by atoms with Crippen molar-refractivity contribution in [2.45, 2.75) is 96.8 Å². The number of unbranched alkanes of at least 4 members (excludes halogenated alkanes) is 12. The van der Waals surface area contributed by atoms with E-state index >= 15 is 0 Å². The predicted molar refractivity (Wildman–Crippen MR) is 86.5 cm³/mol. The summed E-state index contributed by atoms with van der Waals surface area (Å²) in [6, 6.07) is 0. The Labute approximate surface area is 121 Å². The minimum atomic E-state index is 0.355. The molecule has 0 spiro atoms. The minimum Gasteiger partial charge on any atom is -0.396 e. The number of allylic oxidation sites excluding steroid dienone is 2. The lowest BCUT2D eigenvalue weighted by atomic mass is 10.1. The molecule has 114 valence electrons. The lowest BCUT2D eigenvalue weighted by Crippen LogP contribution is -1.82. The van der Waals surface area contributed by atoms with E-state index in [9.17, 15) is 0 Å². The fraction of sp³-hybridized carbons (Fsp3) is 0.889. The van der Waals surface area contributed by atoms with Crippen LogP contribution in [0.4, 0.5) is 0 Å². The Morgan fingerprint density at radius 2 is 1.00 bits per heavy atom. The zero-order valence-electron chi connectivity index (χ0n) is 13.2. The van der Waals surface area contributed by atoms with Gasteiger partial charge in [-0.05, 0) is 32.1 Å². The zero-order valence-corrected chi connectivity index (χ0v) is 13.2. The Morgan fingerprint density at radius 3 is 1.47 bits per heavy atom. The van der Waals surface area contributed by atoms with Crippen LogP contribution in [0.1, 0.15) is 96.8 Å². The largest absolute Gasteiger partial charge is 0.396 e. The van der Waals surface area contributed by atoms with E-state index in [1.807, 2.05) is 0 Å². The molecule has 0 saturated carbocycles. The fourth-order valence-corrected chi connectivity index (χ4v) is 2.36. The van der Waals surface area contributed by atoms with Crippen LogP contribution in [-0.4, -0.2) is 11.7 Å². The summed E-state index contributed by atoms with van der Waals surface area (Å²) in [6.07, 6.45) is 23.2. The summed E-state index contributed by atoms with van der Waals surface area (Å²) in [5, 5.41) is 8.66. The molecule has 0 aromatic heterocycles. The molecule has 19 heavy (non-hydrogen) atoms. The van der Waals surface area contributed by atoms with Gasteiger partial charge in [0.05, 0.1) is 0 Å². The van der Waals surface area contributed by atoms with Crippen LogP contribution in [0.3, 0.4) is 0 Å². The lowest BCUT2D eigenvalue weighted by Gasteiger charge is -2.00. The van der Waals surface area contributed by atoms with Gasteiger partial charge in [0.2, 0.25) is 0 Å². The standard InChI is InChI=1S/C18H36O/c1-2-3-4-5-6-7-8-9-10-11-12-13-14-15-16-17-18-19/h11-12,19H,2-10,13-18H2,1H3/b12-11+. The topological polar surface area (TPSA) is 20.2 Å². The van der Waals surface area contributed by atoms with Gasteiger partial charge in [0.1, 0.15) is 0 Å². The van der Waals surface area contributed by atoms with Crippen molar-refractivity contribution in [1.82, 2.24) is 0 Å². The molecule has 0 aromatic carbocycles. The molecule has 0 saturated heterocycles. The Balaban J connectivity index is 3.00. The third-order valence-electron chi connectivity index (χ3n) is 3.67. The van der Waals surface area contributed by atoms with Crippen LogP contribution in [-0.2, 0) is 0 Å². The maximum Gasteiger partial charge on any atom is 0.0431 e. The highest BCUT2D eigenvalue weighted by molar-refractivity contribution is 4.81. The van der Waals surface area contributed by atoms with Crippen molar-refractivity contribution in [3.05, 3.63) is 12.2 Å². The smallest absolute Gasteiger partial charge is 0.0431 e. The van der Waals surface area contributed by atoms with E-state index in [1.54, 1.807) is 0 Å². The van der Waals surface area contributed by atoms with Gasteiger partial charge in [-0.25, -0.2) is 0 Å². The highest BCUT2D eigenvalue weighted by Crippen LogP contribution is 2.10. The van der Waals surface area contributed by atoms with E-state index in [1.165, 1.54) is 83.5 Å². The molecule has 0 aliphatic heterocycles. The summed E-state index contributed by atoms with van der Waals surface area (Å²) in [6.45, 7) is 2.63. The quantitative estimate of drug-likeness (QED) is 0.284. The molecular formula is C18H36O. The SMILES string of the molecule is CCCCCCCCCC/C=C/CCCCCCO. The van der Waals surface area contributed by atoms with Gasteiger partial charge in [-0.2, -0.15) is 0 Å². The fourth-order valence-electron chi connectivity index (χ4n) is 2.36. The first-order valence-electron chi connectivity index (χ1n) is 8.67. The van der Waals surface area contributed by atoms with E-state index in [4.69, 9.17) is 5.11 Å². The van der Waals surface area contributed by atoms with Crippen molar-refractivity contribution < 1.29 is 5.11 Å². The van der Waals surface area contributed by atoms with E-state index in [0.717, 1.165) is 6.42 Å². The summed E-state index contributed by atoms with van der Waals surface area (Å²) >= 11 is 0. The summed E-state index contributed by atoms with van der Waals surface area (Å²) in [5.41, 5.74) is 0. The van der Waals surface area contributed by atoms with Crippen molar-refractivity contribution in [3.8, 4) is 0 Å². The molecule has 0 aromatic rings. The lowest BCUT2D eigenvalue weighted by molar-refractivity contribution is 0.282. The molecule has 0 radical (unpaired) electrons. The molecule has 1 heteroatoms. The first-order chi connectivity index (χ1) is 9.41. The van der Waals surface area contributed by atoms with Gasteiger partial charge in [0.15, 0.2) is 0 Å². The molecule has 0 atom stereocenters. The molecule has 0 aliphatic rings. The molecule has 0 heterocycles. The first-order valence-corrected chi connectivity index (χ1v) is 8.67. The van der Waals surface area contributed by atoms with Crippen LogP contribution in [0, 0.1) is 0 Å². The summed E-state index contributed by atoms with van der Waals surface area (Å²) in [5.74, 6) is 0. The highest BCUT2D eigenvalue weighted by atomic mass is 16.2. The van der Waals surface area contributed by atoms with Gasteiger partial charge in [-0.15, -0.1) is 0 Å². The second-order valence-electron chi connectivity index (χ2n) is 5.66. The van der Waals surface area contributed by atoms with Crippen LogP contribution in [0.25, 0.3) is 0 Å². The number of aliphatic hydroxyl groups excluding tert-OH is 1. The Morgan fingerprint density at radius 1 is 0.579 bits per heavy atom. The third kappa shape index (κ3) is 17.7. The Bertz CT molecular complexity index is 175. The number of hydrogen-bond acceptors (Lipinski definition) is 1. The third-order valence-corrected chi connectivity index (χ3v) is 3.67. The monoisotopic (exact) mass is 268 g/mol. The molecule has 0 rings (SSSR count). The van der Waals surface area contributed by atoms with Crippen LogP contribution in [0.5, 0.6) is 0 Å². The summed E-state index contributed by atoms with van der Waals surface area (Å²) < 4.78 is 0. The van der Waals surface area contributed by atoms with Gasteiger partial charge in [0.25, 0.3) is 0 Å². The molecule has 1 nitrogen and oxygen atoms in total. The van der Waals surface area contributed by atoms with Gasteiger partial charge in [-0.1, -0.05) is 76.9 Å². The van der Waals surface area contributed by atoms with Crippen LogP contribution < -0.4 is 0 Å². The average molecular weight is 268 g/mol. The van der Waals surface area contributed by atoms with Crippen molar-refractivity contribution >= 4 is 0 Å². The zero-order chi connectivity index (χ0) is 14.0. The van der Waals surface area contributed by atoms with E-state index in [2.05, 4.69) is 19.1 Å². The van der Waals surface area contributed by atoms with Crippen molar-refractivity contribution in [3.63, 3.8) is 0 Å². The Hall–Kier alpha value is -0.300. The molecule has 0 bridgehead atoms. The number of hydrogen-bond donors (Lipinski definition) is 1. The molecule has 1 N–H and O–H groups in total. The van der Waals surface area contributed by atoms with Gasteiger partial charge in [0, 0.05) is 6.61 Å². The Kier molecular flexibility index (Phi) is 17.4. The van der Waals surface area contributed by atoms with Gasteiger partial charge in [-0.3, -0.25) is 0 Å². The highest BCUT2D eigenvalue weighted by Gasteiger charge is 1.90. The van der Waals surface area contributed by atoms with Crippen molar-refractivity contribution in [2.75, 3.05) is 6.61 Å². The molecule has 0 fully saturated rings. The summed E-state index contributed by atoms with van der Waals surface area (Å²) in [7, 11) is 0. The average Bonchev–Trinajstić information content (AvgIpc) is 2.43. The minimum absolute atomic E-state index is 0.355. The molecule has 0 unspecified atom stereocenters. The second-order valence-corrected chi connectivity index (χ2v) is 5.66. The molecule has 0 amide bonds. The van der Waals surface area contributed by atoms with E-state index < -0.39 is 0 Å². The second kappa shape index (κ2) is 17.7. The number of rotatable bonds is 15. The van der Waals surface area contributed by atoms with E-state index in [0.29, 0.717) is 6.61 Å². The van der Waals surface area contributed by atoms with E-state index in [-0.39, 0.29) is 0 Å².